The third kappa shape index (κ3) is 829. The van der Waals surface area contributed by atoms with Gasteiger partial charge >= 0.3 is 141 Å². The number of hydrogen-bond acceptors (Lipinski definition) is 10. The molecule has 0 fully saturated rings. The van der Waals surface area contributed by atoms with Crippen LogP contribution < -0.4 is 24.6 Å². The summed E-state index contributed by atoms with van der Waals surface area (Å²) in [6.45, 7) is 0. The first kappa shape index (κ1) is 37.1. The maximum Gasteiger partial charge on any atom is 2.00 e. The van der Waals surface area contributed by atoms with Crippen LogP contribution in [0, 0.1) is 0 Å². The fraction of sp³-hybridized carbons (Fsp3) is 0. The molecular formula is H2As2Mg3O12S. The van der Waals surface area contributed by atoms with E-state index in [-0.39, 0.29) is 69.2 Å². The second-order valence-electron chi connectivity index (χ2n) is 1.34. The van der Waals surface area contributed by atoms with Gasteiger partial charge in [0, 0.05) is 0 Å². The topological polar surface area (TPSA) is 247 Å². The smallest absolute Gasteiger partial charge is 2.00 e. The molecule has 0 unspecified atom stereocenters. The van der Waals surface area contributed by atoms with Crippen molar-refractivity contribution < 1.29 is 49.6 Å². The summed E-state index contributed by atoms with van der Waals surface area (Å²) >= 11 is -11.8. The Kier molecular flexibility index (Phi) is 33.1. The van der Waals surface area contributed by atoms with Crippen LogP contribution in [0.4, 0.5) is 0 Å². The van der Waals surface area contributed by atoms with Crippen molar-refractivity contribution in [2.45, 2.75) is 0 Å². The van der Waals surface area contributed by atoms with Crippen LogP contribution in [0.2, 0.25) is 0 Å². The van der Waals surface area contributed by atoms with E-state index in [0.717, 1.165) is 0 Å². The molecule has 96 valence electrons. The van der Waals surface area contributed by atoms with Gasteiger partial charge in [0.2, 0.25) is 0 Å². The third-order valence-corrected chi connectivity index (χ3v) is 0. The van der Waals surface area contributed by atoms with Crippen molar-refractivity contribution in [3.8, 4) is 0 Å². The van der Waals surface area contributed by atoms with Crippen molar-refractivity contribution in [3.63, 3.8) is 0 Å². The molecular weight excluding hydrogens is 447 g/mol. The summed E-state index contributed by atoms with van der Waals surface area (Å²) in [6.07, 6.45) is 0. The van der Waals surface area contributed by atoms with Gasteiger partial charge in [-0.15, -0.1) is 0 Å². The van der Waals surface area contributed by atoms with Gasteiger partial charge in [-0.05, 0) is 0 Å². The molecule has 0 saturated heterocycles. The summed E-state index contributed by atoms with van der Waals surface area (Å²) < 4.78 is 100. The summed E-state index contributed by atoms with van der Waals surface area (Å²) in [5, 5.41) is 0. The summed E-state index contributed by atoms with van der Waals surface area (Å²) in [6, 6.07) is 0. The van der Waals surface area contributed by atoms with Crippen LogP contribution in [0.5, 0.6) is 0 Å². The molecule has 0 heterocycles. The molecule has 0 radical (unpaired) electrons. The Labute approximate surface area is 156 Å². The Morgan fingerprint density at radius 2 is 0.667 bits per heavy atom. The Morgan fingerprint density at radius 1 is 0.667 bits per heavy atom. The van der Waals surface area contributed by atoms with Crippen molar-refractivity contribution in [1.29, 1.82) is 0 Å². The number of rotatable bonds is 0. The van der Waals surface area contributed by atoms with E-state index in [0.29, 0.717) is 0 Å². The maximum atomic E-state index is 8.74. The average molecular weight is 449 g/mol. The zero-order valence-corrected chi connectivity index (χ0v) is 17.2. The second-order valence-corrected chi connectivity index (χ2v) is 5.99. The van der Waals surface area contributed by atoms with Gasteiger partial charge in [-0.1, -0.05) is 0 Å². The van der Waals surface area contributed by atoms with E-state index < -0.39 is 39.4 Å². The van der Waals surface area contributed by atoms with E-state index in [1.807, 2.05) is 0 Å². The van der Waals surface area contributed by atoms with Crippen LogP contribution in [0.25, 0.3) is 0 Å². The first-order valence-corrected chi connectivity index (χ1v) is 9.68. The molecule has 0 rings (SSSR count). The Hall–Kier alpha value is 2.65. The Bertz CT molecular complexity index is 290. The first-order chi connectivity index (χ1) is 6.00. The third-order valence-electron chi connectivity index (χ3n) is 0. The molecule has 0 atom stereocenters. The molecule has 0 aliphatic rings. The van der Waals surface area contributed by atoms with Crippen LogP contribution in [0.1, 0.15) is 0 Å². The summed E-state index contributed by atoms with van der Waals surface area (Å²) in [5.41, 5.74) is 0. The normalized spacial score (nSPS) is 9.78. The minimum absolute atomic E-state index is 0. The van der Waals surface area contributed by atoms with Gasteiger partial charge in [0.25, 0.3) is 0 Å². The van der Waals surface area contributed by atoms with Crippen LogP contribution in [-0.2, 0) is 17.9 Å². The quantitative estimate of drug-likeness (QED) is 0.259. The standard InChI is InChI=1S/2AsH3O4.3Mg.H2O4S/c2*2-1(3,4)5;;;;1-5(2,3)4/h2*(H3,2,3,4,5);;;;(H2,1,2,3,4)/q;;3*+2;/p-6. The van der Waals surface area contributed by atoms with Crippen LogP contribution in [0.15, 0.2) is 0 Å². The van der Waals surface area contributed by atoms with Gasteiger partial charge in [0.05, 0.1) is 0 Å². The predicted octanol–water partition coefficient (Wildman–Crippen LogP) is -9.93. The van der Waals surface area contributed by atoms with Crippen molar-refractivity contribution in [1.82, 2.24) is 0 Å². The molecule has 0 aromatic rings. The van der Waals surface area contributed by atoms with Crippen molar-refractivity contribution in [2.75, 3.05) is 0 Å². The second kappa shape index (κ2) is 16.0. The molecule has 0 aromatic carbocycles. The van der Waals surface area contributed by atoms with Gasteiger partial charge in [-0.3, -0.25) is 9.11 Å². The van der Waals surface area contributed by atoms with Crippen LogP contribution >= 0.6 is 0 Å². The average Bonchev–Trinajstić information content (AvgIpc) is 1.41. The Balaban J connectivity index is -0.0000000277. The van der Waals surface area contributed by atoms with E-state index in [1.165, 1.54) is 0 Å². The van der Waals surface area contributed by atoms with Gasteiger partial charge in [-0.2, -0.15) is 8.42 Å². The van der Waals surface area contributed by atoms with E-state index in [2.05, 4.69) is 0 Å². The molecule has 0 spiro atoms. The molecule has 0 bridgehead atoms. The van der Waals surface area contributed by atoms with Gasteiger partial charge < -0.3 is 0 Å². The molecule has 0 aliphatic carbocycles. The van der Waals surface area contributed by atoms with Gasteiger partial charge in [-0.25, -0.2) is 0 Å². The minimum atomic E-state index is -5.88. The van der Waals surface area contributed by atoms with Crippen LogP contribution in [-0.4, -0.2) is 116 Å². The van der Waals surface area contributed by atoms with Crippen molar-refractivity contribution in [2.24, 2.45) is 0 Å². The van der Waals surface area contributed by atoms with Gasteiger partial charge in [0.15, 0.2) is 0 Å². The SMILES string of the molecule is O=S(=O)(O)O.O=[As]([O-])([O-])[O-].O=[As]([O-])([O-])[O-].[Mg+2].[Mg+2].[Mg+2]. The van der Waals surface area contributed by atoms with Crippen molar-refractivity contribution in [3.05, 3.63) is 0 Å². The molecule has 0 saturated carbocycles. The van der Waals surface area contributed by atoms with E-state index in [9.17, 15) is 0 Å². The molecule has 0 aliphatic heterocycles. The monoisotopic (exact) mass is 448 g/mol. The van der Waals surface area contributed by atoms with E-state index in [4.69, 9.17) is 49.6 Å². The molecule has 18 heavy (non-hydrogen) atoms. The first-order valence-electron chi connectivity index (χ1n) is 2.16. The molecule has 2 N–H and O–H groups in total. The molecule has 0 amide bonds. The summed E-state index contributed by atoms with van der Waals surface area (Å²) in [7, 11) is -4.67. The molecule has 0 aromatic heterocycles. The molecule has 12 nitrogen and oxygen atoms in total. The largest absolute Gasteiger partial charge is 2.00 e. The number of hydrogen-bond donors (Lipinski definition) is 2. The van der Waals surface area contributed by atoms with Crippen LogP contribution in [0.3, 0.4) is 0 Å². The van der Waals surface area contributed by atoms with E-state index >= 15 is 0 Å². The van der Waals surface area contributed by atoms with E-state index in [1.54, 1.807) is 0 Å². The maximum absolute atomic E-state index is 8.74. The zero-order valence-electron chi connectivity index (χ0n) is 8.40. The zero-order chi connectivity index (χ0) is 13.5. The fourth-order valence-electron chi connectivity index (χ4n) is 0. The minimum Gasteiger partial charge on any atom is 2.00 e. The van der Waals surface area contributed by atoms with Crippen molar-refractivity contribution >= 4 is 109 Å². The van der Waals surface area contributed by atoms with Gasteiger partial charge in [0.1, 0.15) is 0 Å². The predicted molar refractivity (Wildman–Crippen MR) is 44.3 cm³/mol. The summed E-state index contributed by atoms with van der Waals surface area (Å²) in [4.78, 5) is 0. The fourth-order valence-corrected chi connectivity index (χ4v) is 0. The Morgan fingerprint density at radius 3 is 0.667 bits per heavy atom. The molecule has 18 heteroatoms. The summed E-state index contributed by atoms with van der Waals surface area (Å²) in [5.74, 6) is 0.